The molecule has 1 atom stereocenters. The van der Waals surface area contributed by atoms with Gasteiger partial charge >= 0.3 is 6.18 Å². The highest BCUT2D eigenvalue weighted by Gasteiger charge is 2.57. The molecule has 1 unspecified atom stereocenters. The van der Waals surface area contributed by atoms with Gasteiger partial charge in [0.2, 0.25) is 5.60 Å². The normalized spacial score (nSPS) is 16.3. The lowest BCUT2D eigenvalue weighted by Crippen LogP contribution is -2.42. The molecule has 1 aliphatic heterocycles. The number of nitrogens with one attached hydrogen (secondary N) is 2. The summed E-state index contributed by atoms with van der Waals surface area (Å²) in [6.07, 6.45) is -3.11. The van der Waals surface area contributed by atoms with Crippen LogP contribution in [0.2, 0.25) is 0 Å². The van der Waals surface area contributed by atoms with Gasteiger partial charge in [-0.3, -0.25) is 0 Å². The standard InChI is InChI=1S/C22H20F4N4O2S/c23-16-2-4-17(5-3-16)29-18-6-1-15(11-14(18)12-27)21(31,22(24,25)26)19-13-28-20(33-19)30-7-9-32-10-8-30/h1-6,11-13,27,29,31H,7-10H2. The van der Waals surface area contributed by atoms with Crippen molar-refractivity contribution in [2.75, 3.05) is 36.5 Å². The van der Waals surface area contributed by atoms with E-state index in [1.54, 1.807) is 0 Å². The van der Waals surface area contributed by atoms with Crippen LogP contribution in [0.5, 0.6) is 0 Å². The zero-order chi connectivity index (χ0) is 23.6. The molecule has 3 aromatic rings. The third-order valence-corrected chi connectivity index (χ3v) is 6.46. The van der Waals surface area contributed by atoms with Gasteiger partial charge < -0.3 is 25.5 Å². The number of morpholine rings is 1. The van der Waals surface area contributed by atoms with E-state index < -0.39 is 23.2 Å². The van der Waals surface area contributed by atoms with E-state index in [9.17, 15) is 22.7 Å². The van der Waals surface area contributed by atoms with Gasteiger partial charge in [-0.05, 0) is 42.0 Å². The Kier molecular flexibility index (Phi) is 6.37. The van der Waals surface area contributed by atoms with Crippen molar-refractivity contribution in [3.8, 4) is 0 Å². The van der Waals surface area contributed by atoms with Gasteiger partial charge in [0.1, 0.15) is 5.82 Å². The van der Waals surface area contributed by atoms with Gasteiger partial charge in [-0.25, -0.2) is 9.37 Å². The average molecular weight is 480 g/mol. The van der Waals surface area contributed by atoms with E-state index >= 15 is 0 Å². The molecule has 1 saturated heterocycles. The zero-order valence-corrected chi connectivity index (χ0v) is 18.0. The molecule has 174 valence electrons. The van der Waals surface area contributed by atoms with Crippen LogP contribution in [0.3, 0.4) is 0 Å². The molecule has 2 heterocycles. The van der Waals surface area contributed by atoms with Gasteiger partial charge in [-0.2, -0.15) is 13.2 Å². The number of alkyl halides is 3. The predicted octanol–water partition coefficient (Wildman–Crippen LogP) is 4.66. The molecule has 1 aromatic heterocycles. The summed E-state index contributed by atoms with van der Waals surface area (Å²) in [5.74, 6) is -0.431. The van der Waals surface area contributed by atoms with Gasteiger partial charge in [-0.1, -0.05) is 17.4 Å². The van der Waals surface area contributed by atoms with E-state index in [1.165, 1.54) is 30.3 Å². The topological polar surface area (TPSA) is 81.5 Å². The fourth-order valence-electron chi connectivity index (χ4n) is 3.49. The Labute approximate surface area is 191 Å². The Balaban J connectivity index is 1.70. The number of aromatic nitrogens is 1. The summed E-state index contributed by atoms with van der Waals surface area (Å²) in [5, 5.41) is 22.0. The SMILES string of the molecule is N=Cc1cc(C(O)(c2cnc(N3CCOCC3)s2)C(F)(F)F)ccc1Nc1ccc(F)cc1. The molecule has 0 amide bonds. The van der Waals surface area contributed by atoms with Crippen LogP contribution in [0.15, 0.2) is 48.7 Å². The summed E-state index contributed by atoms with van der Waals surface area (Å²) in [6, 6.07) is 9.01. The molecule has 0 aliphatic carbocycles. The van der Waals surface area contributed by atoms with Crippen LogP contribution in [-0.4, -0.2) is 48.8 Å². The van der Waals surface area contributed by atoms with Crippen molar-refractivity contribution in [3.63, 3.8) is 0 Å². The fraction of sp³-hybridized carbons (Fsp3) is 0.273. The number of anilines is 3. The van der Waals surface area contributed by atoms with E-state index in [0.717, 1.165) is 35.9 Å². The lowest BCUT2D eigenvalue weighted by Gasteiger charge is -2.30. The second kappa shape index (κ2) is 9.08. The number of benzene rings is 2. The second-order valence-electron chi connectivity index (χ2n) is 7.39. The van der Waals surface area contributed by atoms with Crippen molar-refractivity contribution in [2.45, 2.75) is 11.8 Å². The molecular weight excluding hydrogens is 460 g/mol. The molecule has 33 heavy (non-hydrogen) atoms. The fourth-order valence-corrected chi connectivity index (χ4v) is 4.59. The van der Waals surface area contributed by atoms with Crippen molar-refractivity contribution in [1.29, 1.82) is 5.41 Å². The molecule has 4 rings (SSSR count). The molecule has 11 heteroatoms. The van der Waals surface area contributed by atoms with Crippen LogP contribution in [0.25, 0.3) is 0 Å². The number of hydrogen-bond donors (Lipinski definition) is 3. The maximum atomic E-state index is 14.2. The van der Waals surface area contributed by atoms with Crippen molar-refractivity contribution in [2.24, 2.45) is 0 Å². The van der Waals surface area contributed by atoms with E-state index in [4.69, 9.17) is 10.1 Å². The maximum absolute atomic E-state index is 14.2. The first kappa shape index (κ1) is 23.1. The minimum Gasteiger partial charge on any atom is -0.378 e. The minimum absolute atomic E-state index is 0.123. The summed E-state index contributed by atoms with van der Waals surface area (Å²) in [5.41, 5.74) is -2.78. The van der Waals surface area contributed by atoms with E-state index in [2.05, 4.69) is 10.3 Å². The molecule has 0 spiro atoms. The third kappa shape index (κ3) is 4.56. The molecule has 1 aliphatic rings. The molecule has 0 radical (unpaired) electrons. The summed E-state index contributed by atoms with van der Waals surface area (Å²) >= 11 is 0.771. The molecule has 0 saturated carbocycles. The van der Waals surface area contributed by atoms with E-state index in [0.29, 0.717) is 42.8 Å². The Bertz CT molecular complexity index is 1130. The van der Waals surface area contributed by atoms with Crippen molar-refractivity contribution < 1.29 is 27.4 Å². The highest BCUT2D eigenvalue weighted by Crippen LogP contribution is 2.47. The van der Waals surface area contributed by atoms with Crippen LogP contribution >= 0.6 is 11.3 Å². The molecule has 2 aromatic carbocycles. The number of hydrogen-bond acceptors (Lipinski definition) is 7. The molecule has 0 bridgehead atoms. The predicted molar refractivity (Wildman–Crippen MR) is 118 cm³/mol. The van der Waals surface area contributed by atoms with Gasteiger partial charge in [0, 0.05) is 42.4 Å². The van der Waals surface area contributed by atoms with Crippen LogP contribution in [0.1, 0.15) is 16.0 Å². The third-order valence-electron chi connectivity index (χ3n) is 5.29. The van der Waals surface area contributed by atoms with Crippen LogP contribution in [-0.2, 0) is 10.3 Å². The zero-order valence-electron chi connectivity index (χ0n) is 17.2. The van der Waals surface area contributed by atoms with Gasteiger partial charge in [-0.15, -0.1) is 0 Å². The Morgan fingerprint density at radius 2 is 1.82 bits per heavy atom. The summed E-state index contributed by atoms with van der Waals surface area (Å²) in [7, 11) is 0. The number of halogens is 4. The molecule has 6 nitrogen and oxygen atoms in total. The number of nitrogens with zero attached hydrogens (tertiary/aromatic N) is 2. The monoisotopic (exact) mass is 480 g/mol. The largest absolute Gasteiger partial charge is 0.426 e. The van der Waals surface area contributed by atoms with Gasteiger partial charge in [0.15, 0.2) is 5.13 Å². The van der Waals surface area contributed by atoms with Crippen molar-refractivity contribution >= 4 is 34.1 Å². The number of aliphatic hydroxyl groups is 1. The molecule has 1 fully saturated rings. The number of thiazole rings is 1. The minimum atomic E-state index is -5.03. The highest BCUT2D eigenvalue weighted by atomic mass is 32.1. The lowest BCUT2D eigenvalue weighted by molar-refractivity contribution is -0.247. The lowest BCUT2D eigenvalue weighted by atomic mass is 9.90. The maximum Gasteiger partial charge on any atom is 0.426 e. The smallest absolute Gasteiger partial charge is 0.378 e. The van der Waals surface area contributed by atoms with E-state index in [-0.39, 0.29) is 10.4 Å². The van der Waals surface area contributed by atoms with Crippen LogP contribution < -0.4 is 10.2 Å². The van der Waals surface area contributed by atoms with Gasteiger partial charge in [0.05, 0.1) is 18.1 Å². The van der Waals surface area contributed by atoms with E-state index in [1.807, 2.05) is 4.90 Å². The van der Waals surface area contributed by atoms with Crippen molar-refractivity contribution in [1.82, 2.24) is 4.98 Å². The van der Waals surface area contributed by atoms with Gasteiger partial charge in [0.25, 0.3) is 0 Å². The quantitative estimate of drug-likeness (QED) is 0.353. The first-order valence-electron chi connectivity index (χ1n) is 9.98. The van der Waals surface area contributed by atoms with Crippen molar-refractivity contribution in [3.05, 3.63) is 70.5 Å². The molecule has 3 N–H and O–H groups in total. The second-order valence-corrected chi connectivity index (χ2v) is 8.40. The highest BCUT2D eigenvalue weighted by molar-refractivity contribution is 7.15. The summed E-state index contributed by atoms with van der Waals surface area (Å²) in [6.45, 7) is 1.89. The van der Waals surface area contributed by atoms with Crippen LogP contribution in [0, 0.1) is 11.2 Å². The summed E-state index contributed by atoms with van der Waals surface area (Å²) in [4.78, 5) is 5.55. The first-order chi connectivity index (χ1) is 15.7. The summed E-state index contributed by atoms with van der Waals surface area (Å²) < 4.78 is 61.1. The number of ether oxygens (including phenoxy) is 1. The number of rotatable bonds is 6. The Morgan fingerprint density at radius 1 is 1.12 bits per heavy atom. The van der Waals surface area contributed by atoms with Crippen LogP contribution in [0.4, 0.5) is 34.1 Å². The Hall–Kier alpha value is -3.02. The first-order valence-corrected chi connectivity index (χ1v) is 10.8. The average Bonchev–Trinajstić information content (AvgIpc) is 3.31. The molecular formula is C22H20F4N4O2S. The Morgan fingerprint density at radius 3 is 2.45 bits per heavy atom.